The number of nitrogens with one attached hydrogen (secondary N) is 1. The lowest BCUT2D eigenvalue weighted by molar-refractivity contribution is -0.153. The summed E-state index contributed by atoms with van der Waals surface area (Å²) in [5.74, 6) is 0.864. The molecule has 4 rings (SSSR count). The lowest BCUT2D eigenvalue weighted by Crippen LogP contribution is -2.51. The molecule has 8 heteroatoms. The van der Waals surface area contributed by atoms with Crippen LogP contribution < -0.4 is 5.32 Å². The average Bonchev–Trinajstić information content (AvgIpc) is 3.20. The smallest absolute Gasteiger partial charge is 0.333 e. The van der Waals surface area contributed by atoms with E-state index in [0.717, 1.165) is 37.8 Å². The molecule has 3 fully saturated rings. The molecule has 0 bridgehead atoms. The number of nitrogens with zero attached hydrogens (tertiary/aromatic N) is 1. The van der Waals surface area contributed by atoms with Crippen LogP contribution in [-0.4, -0.2) is 52.8 Å². The normalized spacial score (nSPS) is 37.0. The largest absolute Gasteiger partial charge is 0.479 e. The number of amides is 1. The Balaban J connectivity index is 1.35. The number of aliphatic carboxylic acids is 1. The van der Waals surface area contributed by atoms with Crippen LogP contribution >= 0.6 is 0 Å². The molecule has 37 heavy (non-hydrogen) atoms. The Labute approximate surface area is 220 Å². The number of hydrogen-bond acceptors (Lipinski definition) is 6. The number of fused-ring (bicyclic) bond motifs is 5. The number of allylic oxidation sites excluding steroid dienone is 2. The van der Waals surface area contributed by atoms with Crippen molar-refractivity contribution in [3.8, 4) is 0 Å². The third-order valence-electron chi connectivity index (χ3n) is 10.6. The van der Waals surface area contributed by atoms with Gasteiger partial charge < -0.3 is 20.4 Å². The second-order valence-electron chi connectivity index (χ2n) is 13.1. The van der Waals surface area contributed by atoms with Crippen LogP contribution in [0.4, 0.5) is 0 Å². The highest BCUT2D eigenvalue weighted by Crippen LogP contribution is 2.66. The first-order valence-electron chi connectivity index (χ1n) is 13.9. The van der Waals surface area contributed by atoms with Gasteiger partial charge in [0.15, 0.2) is 12.7 Å². The fourth-order valence-corrected chi connectivity index (χ4v) is 8.29. The molecule has 0 heterocycles. The van der Waals surface area contributed by atoms with Gasteiger partial charge in [-0.15, -0.1) is 0 Å². The maximum atomic E-state index is 12.4. The second-order valence-corrected chi connectivity index (χ2v) is 13.1. The summed E-state index contributed by atoms with van der Waals surface area (Å²) in [5.41, 5.74) is 1.62. The number of Topliss-reactive ketones (excluding diaryl/α,β-unsaturated/α-hetero) is 1. The quantitative estimate of drug-likeness (QED) is 0.417. The standard InChI is InChI=1S/C29H44N2O6/c1-17(32)21-8-9-22-20-7-6-18-14-19(10-12-28(18,4)23(20)11-13-29(21,22)5)31-37-15-24(33)30-16-27(2,3)25(34)26(35)36/h14,20-23,25,34H,6-13,15-16H2,1-5H3,(H,30,33)(H,35,36)/b31-19-/t20-,21+,22+,23-,25-,28-,29-/m1/s1. The Morgan fingerprint density at radius 1 is 1.14 bits per heavy atom. The van der Waals surface area contributed by atoms with Gasteiger partial charge in [-0.2, -0.15) is 0 Å². The minimum atomic E-state index is -1.57. The summed E-state index contributed by atoms with van der Waals surface area (Å²) < 4.78 is 0. The Morgan fingerprint density at radius 2 is 1.86 bits per heavy atom. The molecule has 0 radical (unpaired) electrons. The molecule has 0 aromatic heterocycles. The molecule has 8 nitrogen and oxygen atoms in total. The van der Waals surface area contributed by atoms with Crippen molar-refractivity contribution in [1.29, 1.82) is 0 Å². The predicted octanol–water partition coefficient (Wildman–Crippen LogP) is 4.11. The first-order valence-corrected chi connectivity index (χ1v) is 13.9. The topological polar surface area (TPSA) is 125 Å². The van der Waals surface area contributed by atoms with E-state index in [2.05, 4.69) is 30.4 Å². The van der Waals surface area contributed by atoms with Crippen molar-refractivity contribution in [2.24, 2.45) is 45.1 Å². The molecule has 3 saturated carbocycles. The van der Waals surface area contributed by atoms with E-state index in [4.69, 9.17) is 9.94 Å². The van der Waals surface area contributed by atoms with Crippen LogP contribution in [0, 0.1) is 39.9 Å². The van der Waals surface area contributed by atoms with E-state index in [1.54, 1.807) is 20.8 Å². The van der Waals surface area contributed by atoms with Crippen LogP contribution in [-0.2, 0) is 19.2 Å². The van der Waals surface area contributed by atoms with Gasteiger partial charge in [-0.05, 0) is 93.0 Å². The zero-order chi connectivity index (χ0) is 27.2. The van der Waals surface area contributed by atoms with Gasteiger partial charge in [0, 0.05) is 17.9 Å². The number of oxime groups is 1. The molecule has 7 atom stereocenters. The third-order valence-corrected chi connectivity index (χ3v) is 10.6. The molecular formula is C29H44N2O6. The van der Waals surface area contributed by atoms with Crippen molar-refractivity contribution in [1.82, 2.24) is 5.32 Å². The van der Waals surface area contributed by atoms with Gasteiger partial charge in [-0.1, -0.05) is 38.4 Å². The molecule has 3 N–H and O–H groups in total. The van der Waals surface area contributed by atoms with Gasteiger partial charge >= 0.3 is 5.97 Å². The molecule has 4 aliphatic rings. The van der Waals surface area contributed by atoms with Gasteiger partial charge in [0.05, 0.1) is 5.71 Å². The summed E-state index contributed by atoms with van der Waals surface area (Å²) in [6.07, 6.45) is 9.23. The molecule has 0 saturated heterocycles. The molecule has 0 aromatic rings. The Bertz CT molecular complexity index is 1000. The van der Waals surface area contributed by atoms with Gasteiger partial charge in [-0.3, -0.25) is 9.59 Å². The van der Waals surface area contributed by atoms with Crippen LogP contribution in [0.5, 0.6) is 0 Å². The zero-order valence-corrected chi connectivity index (χ0v) is 23.0. The summed E-state index contributed by atoms with van der Waals surface area (Å²) >= 11 is 0. The number of carboxylic acid groups (broad SMARTS) is 1. The van der Waals surface area contributed by atoms with Gasteiger partial charge in [0.25, 0.3) is 5.91 Å². The highest BCUT2D eigenvalue weighted by Gasteiger charge is 2.59. The van der Waals surface area contributed by atoms with Crippen LogP contribution in [0.1, 0.15) is 86.0 Å². The van der Waals surface area contributed by atoms with E-state index in [0.29, 0.717) is 23.5 Å². The van der Waals surface area contributed by atoms with Gasteiger partial charge in [0.1, 0.15) is 5.78 Å². The lowest BCUT2D eigenvalue weighted by Gasteiger charge is -2.58. The van der Waals surface area contributed by atoms with E-state index in [9.17, 15) is 19.5 Å². The minimum absolute atomic E-state index is 0.0113. The Morgan fingerprint density at radius 3 is 2.54 bits per heavy atom. The third kappa shape index (κ3) is 5.10. The highest BCUT2D eigenvalue weighted by atomic mass is 16.6. The van der Waals surface area contributed by atoms with Crippen molar-refractivity contribution in [2.45, 2.75) is 92.1 Å². The molecule has 0 unspecified atom stereocenters. The molecule has 0 aliphatic heterocycles. The Kier molecular flexibility index (Phi) is 7.63. The van der Waals surface area contributed by atoms with Crippen LogP contribution in [0.3, 0.4) is 0 Å². The highest BCUT2D eigenvalue weighted by molar-refractivity contribution is 5.96. The van der Waals surface area contributed by atoms with Crippen molar-refractivity contribution >= 4 is 23.4 Å². The molecule has 1 amide bonds. The van der Waals surface area contributed by atoms with E-state index < -0.39 is 23.4 Å². The van der Waals surface area contributed by atoms with Crippen LogP contribution in [0.25, 0.3) is 0 Å². The number of ketones is 1. The van der Waals surface area contributed by atoms with E-state index in [1.165, 1.54) is 24.8 Å². The maximum Gasteiger partial charge on any atom is 0.333 e. The molecule has 4 aliphatic carbocycles. The molecular weight excluding hydrogens is 472 g/mol. The lowest BCUT2D eigenvalue weighted by atomic mass is 9.46. The summed E-state index contributed by atoms with van der Waals surface area (Å²) in [7, 11) is 0. The van der Waals surface area contributed by atoms with Crippen molar-refractivity contribution in [2.75, 3.05) is 13.2 Å². The molecule has 206 valence electrons. The number of aliphatic hydroxyl groups is 1. The van der Waals surface area contributed by atoms with E-state index >= 15 is 0 Å². The number of carbonyl (C=O) groups is 3. The minimum Gasteiger partial charge on any atom is -0.479 e. The fourth-order valence-electron chi connectivity index (χ4n) is 8.29. The Hall–Kier alpha value is -2.22. The zero-order valence-electron chi connectivity index (χ0n) is 23.0. The monoisotopic (exact) mass is 516 g/mol. The summed E-state index contributed by atoms with van der Waals surface area (Å²) in [4.78, 5) is 40.9. The first kappa shape index (κ1) is 27.8. The summed E-state index contributed by atoms with van der Waals surface area (Å²) in [5, 5.41) is 25.6. The number of hydrogen-bond donors (Lipinski definition) is 3. The average molecular weight is 517 g/mol. The maximum absolute atomic E-state index is 12.4. The van der Waals surface area contributed by atoms with E-state index in [-0.39, 0.29) is 29.9 Å². The second kappa shape index (κ2) is 10.2. The summed E-state index contributed by atoms with van der Waals surface area (Å²) in [6, 6.07) is 0. The van der Waals surface area contributed by atoms with Crippen molar-refractivity contribution in [3.05, 3.63) is 11.6 Å². The fraction of sp³-hybridized carbons (Fsp3) is 0.793. The SMILES string of the molecule is CC(=O)[C@@H]1CC[C@H]2[C@H]3CCC4=C/C(=N\OCC(=O)NCC(C)(C)[C@H](O)C(=O)O)CC[C@@]4(C)[C@@H]3CC[C@]12C. The number of carboxylic acids is 1. The summed E-state index contributed by atoms with van der Waals surface area (Å²) in [6.45, 7) is 9.50. The van der Waals surface area contributed by atoms with Gasteiger partial charge in [-0.25, -0.2) is 4.79 Å². The van der Waals surface area contributed by atoms with Crippen molar-refractivity contribution < 1.29 is 29.4 Å². The molecule has 0 spiro atoms. The van der Waals surface area contributed by atoms with Gasteiger partial charge in [0.2, 0.25) is 0 Å². The van der Waals surface area contributed by atoms with Crippen LogP contribution in [0.2, 0.25) is 0 Å². The van der Waals surface area contributed by atoms with Crippen LogP contribution in [0.15, 0.2) is 16.8 Å². The first-order chi connectivity index (χ1) is 17.3. The number of carbonyl (C=O) groups excluding carboxylic acids is 2. The van der Waals surface area contributed by atoms with E-state index in [1.807, 2.05) is 0 Å². The number of rotatable bonds is 8. The molecule has 0 aromatic carbocycles. The van der Waals surface area contributed by atoms with Crippen molar-refractivity contribution in [3.63, 3.8) is 0 Å². The number of aliphatic hydroxyl groups excluding tert-OH is 1. The predicted molar refractivity (Wildman–Crippen MR) is 140 cm³/mol.